The first-order valence-electron chi connectivity index (χ1n) is 10.4. The summed E-state index contributed by atoms with van der Waals surface area (Å²) >= 11 is 0. The Labute approximate surface area is 179 Å². The van der Waals surface area contributed by atoms with Gasteiger partial charge in [0.05, 0.1) is 18.1 Å². The van der Waals surface area contributed by atoms with Gasteiger partial charge in [-0.15, -0.1) is 0 Å². The van der Waals surface area contributed by atoms with E-state index < -0.39 is 10.0 Å². The number of carbonyl (C=O) groups excluding carboxylic acids is 2. The Morgan fingerprint density at radius 1 is 1.13 bits per heavy atom. The Hall–Kier alpha value is -1.81. The minimum absolute atomic E-state index is 0.00896. The van der Waals surface area contributed by atoms with Crippen molar-refractivity contribution in [2.24, 2.45) is 5.92 Å². The zero-order chi connectivity index (χ0) is 22.1. The fourth-order valence-electron chi connectivity index (χ4n) is 3.42. The van der Waals surface area contributed by atoms with E-state index >= 15 is 0 Å². The highest BCUT2D eigenvalue weighted by Gasteiger charge is 2.22. The van der Waals surface area contributed by atoms with Crippen molar-refractivity contribution in [2.75, 3.05) is 39.4 Å². The van der Waals surface area contributed by atoms with Crippen molar-refractivity contribution in [3.63, 3.8) is 0 Å². The number of carbonyl (C=O) groups is 2. The molecule has 1 unspecified atom stereocenters. The normalized spacial score (nSPS) is 16.4. The summed E-state index contributed by atoms with van der Waals surface area (Å²) in [6, 6.07) is 5.97. The third-order valence-corrected chi connectivity index (χ3v) is 6.53. The van der Waals surface area contributed by atoms with Crippen LogP contribution in [-0.4, -0.2) is 70.4 Å². The van der Waals surface area contributed by atoms with Crippen LogP contribution >= 0.6 is 0 Å². The van der Waals surface area contributed by atoms with Crippen LogP contribution in [0.2, 0.25) is 0 Å². The van der Waals surface area contributed by atoms with Gasteiger partial charge in [-0.1, -0.05) is 26.0 Å². The summed E-state index contributed by atoms with van der Waals surface area (Å²) in [4.78, 5) is 25.9. The maximum atomic E-state index is 12.3. The van der Waals surface area contributed by atoms with E-state index in [-0.39, 0.29) is 35.6 Å². The third kappa shape index (κ3) is 7.79. The summed E-state index contributed by atoms with van der Waals surface area (Å²) in [7, 11) is -3.73. The lowest BCUT2D eigenvalue weighted by atomic mass is 10.0. The molecule has 1 aromatic carbocycles. The Kier molecular flexibility index (Phi) is 9.41. The highest BCUT2D eigenvalue weighted by molar-refractivity contribution is 7.89. The standard InChI is InChI=1S/C21H33N3O5S/c1-16(2)14-19(24-10-12-29-13-11-24)15-22-21(26)8-9-23-30(27,28)20-6-4-18(5-7-20)17(3)25/h4-7,16,19,23H,8-15H2,1-3H3,(H,22,26). The molecule has 1 heterocycles. The molecule has 0 aliphatic carbocycles. The van der Waals surface area contributed by atoms with Crippen LogP contribution in [0.5, 0.6) is 0 Å². The molecule has 1 amide bonds. The molecule has 0 spiro atoms. The summed E-state index contributed by atoms with van der Waals surface area (Å²) in [5, 5.41) is 2.94. The number of rotatable bonds is 11. The van der Waals surface area contributed by atoms with Gasteiger partial charge in [0.2, 0.25) is 15.9 Å². The van der Waals surface area contributed by atoms with Crippen LogP contribution in [0, 0.1) is 5.92 Å². The number of hydrogen-bond acceptors (Lipinski definition) is 6. The summed E-state index contributed by atoms with van der Waals surface area (Å²) in [6.45, 7) is 9.41. The molecule has 0 aromatic heterocycles. The number of ketones is 1. The van der Waals surface area contributed by atoms with Gasteiger partial charge < -0.3 is 10.1 Å². The van der Waals surface area contributed by atoms with Gasteiger partial charge in [-0.05, 0) is 31.4 Å². The van der Waals surface area contributed by atoms with Crippen LogP contribution < -0.4 is 10.0 Å². The van der Waals surface area contributed by atoms with E-state index in [9.17, 15) is 18.0 Å². The van der Waals surface area contributed by atoms with Gasteiger partial charge in [0.1, 0.15) is 0 Å². The lowest BCUT2D eigenvalue weighted by Gasteiger charge is -2.35. The third-order valence-electron chi connectivity index (χ3n) is 5.06. The first-order valence-corrected chi connectivity index (χ1v) is 11.9. The monoisotopic (exact) mass is 439 g/mol. The van der Waals surface area contributed by atoms with Gasteiger partial charge in [-0.2, -0.15) is 0 Å². The largest absolute Gasteiger partial charge is 0.379 e. The van der Waals surface area contributed by atoms with E-state index in [1.807, 2.05) is 0 Å². The number of nitrogens with zero attached hydrogens (tertiary/aromatic N) is 1. The predicted molar refractivity (Wildman–Crippen MR) is 115 cm³/mol. The van der Waals surface area contributed by atoms with Crippen LogP contribution in [0.15, 0.2) is 29.2 Å². The lowest BCUT2D eigenvalue weighted by Crippen LogP contribution is -2.49. The molecule has 1 saturated heterocycles. The fraction of sp³-hybridized carbons (Fsp3) is 0.619. The fourth-order valence-corrected chi connectivity index (χ4v) is 4.45. The minimum atomic E-state index is -3.73. The molecular formula is C21H33N3O5S. The van der Waals surface area contributed by atoms with E-state index in [0.717, 1.165) is 19.5 Å². The van der Waals surface area contributed by atoms with Gasteiger partial charge in [-0.25, -0.2) is 13.1 Å². The zero-order valence-electron chi connectivity index (χ0n) is 18.0. The molecule has 1 fully saturated rings. The summed E-state index contributed by atoms with van der Waals surface area (Å²) in [6.07, 6.45) is 1.03. The molecule has 1 aliphatic rings. The second kappa shape index (κ2) is 11.5. The summed E-state index contributed by atoms with van der Waals surface area (Å²) < 4.78 is 32.5. The number of hydrogen-bond donors (Lipinski definition) is 2. The second-order valence-electron chi connectivity index (χ2n) is 7.96. The van der Waals surface area contributed by atoms with Crippen LogP contribution in [0.1, 0.15) is 44.0 Å². The Bertz CT molecular complexity index is 802. The number of ether oxygens (including phenoxy) is 1. The SMILES string of the molecule is CC(=O)c1ccc(S(=O)(=O)NCCC(=O)NCC(CC(C)C)N2CCOCC2)cc1. The molecule has 2 N–H and O–H groups in total. The maximum absolute atomic E-state index is 12.3. The van der Waals surface area contributed by atoms with Gasteiger partial charge in [0, 0.05) is 44.2 Å². The quantitative estimate of drug-likeness (QED) is 0.505. The van der Waals surface area contributed by atoms with Crippen LogP contribution in [0.25, 0.3) is 0 Å². The predicted octanol–water partition coefficient (Wildman–Crippen LogP) is 1.42. The lowest BCUT2D eigenvalue weighted by molar-refractivity contribution is -0.121. The first-order chi connectivity index (χ1) is 14.2. The second-order valence-corrected chi connectivity index (χ2v) is 9.73. The summed E-state index contributed by atoms with van der Waals surface area (Å²) in [5.74, 6) is 0.194. The Morgan fingerprint density at radius 3 is 2.33 bits per heavy atom. The molecule has 30 heavy (non-hydrogen) atoms. The van der Waals surface area contributed by atoms with Crippen molar-refractivity contribution in [2.45, 2.75) is 44.6 Å². The number of Topliss-reactive ketones (excluding diaryl/α,β-unsaturated/α-hetero) is 1. The molecule has 1 atom stereocenters. The highest BCUT2D eigenvalue weighted by atomic mass is 32.2. The Balaban J connectivity index is 1.80. The summed E-state index contributed by atoms with van der Waals surface area (Å²) in [5.41, 5.74) is 0.449. The topological polar surface area (TPSA) is 105 Å². The maximum Gasteiger partial charge on any atom is 0.240 e. The van der Waals surface area contributed by atoms with Gasteiger partial charge in [-0.3, -0.25) is 14.5 Å². The molecule has 0 bridgehead atoms. The first kappa shape index (κ1) is 24.5. The smallest absolute Gasteiger partial charge is 0.240 e. The van der Waals surface area contributed by atoms with Crippen molar-refractivity contribution < 1.29 is 22.7 Å². The molecular weight excluding hydrogens is 406 g/mol. The van der Waals surface area contributed by atoms with Crippen LogP contribution in [0.3, 0.4) is 0 Å². The van der Waals surface area contributed by atoms with E-state index in [2.05, 4.69) is 28.8 Å². The highest BCUT2D eigenvalue weighted by Crippen LogP contribution is 2.13. The molecule has 1 aromatic rings. The molecule has 0 radical (unpaired) electrons. The molecule has 0 saturated carbocycles. The van der Waals surface area contributed by atoms with Gasteiger partial charge in [0.25, 0.3) is 0 Å². The van der Waals surface area contributed by atoms with E-state index in [1.54, 1.807) is 0 Å². The van der Waals surface area contributed by atoms with Crippen molar-refractivity contribution in [1.82, 2.24) is 14.9 Å². The molecule has 8 nitrogen and oxygen atoms in total. The van der Waals surface area contributed by atoms with Gasteiger partial charge >= 0.3 is 0 Å². The number of morpholine rings is 1. The average Bonchev–Trinajstić information content (AvgIpc) is 2.71. The number of sulfonamides is 1. The van der Waals surface area contributed by atoms with E-state index in [0.29, 0.717) is 31.2 Å². The van der Waals surface area contributed by atoms with Gasteiger partial charge in [0.15, 0.2) is 5.78 Å². The number of amides is 1. The zero-order valence-corrected chi connectivity index (χ0v) is 18.8. The van der Waals surface area contributed by atoms with Crippen molar-refractivity contribution in [3.8, 4) is 0 Å². The van der Waals surface area contributed by atoms with Crippen LogP contribution in [0.4, 0.5) is 0 Å². The van der Waals surface area contributed by atoms with Crippen molar-refractivity contribution >= 4 is 21.7 Å². The molecule has 9 heteroatoms. The van der Waals surface area contributed by atoms with Crippen molar-refractivity contribution in [3.05, 3.63) is 29.8 Å². The number of benzene rings is 1. The van der Waals surface area contributed by atoms with E-state index in [4.69, 9.17) is 4.74 Å². The molecule has 2 rings (SSSR count). The molecule has 1 aliphatic heterocycles. The van der Waals surface area contributed by atoms with E-state index in [1.165, 1.54) is 31.2 Å². The van der Waals surface area contributed by atoms with Crippen LogP contribution in [-0.2, 0) is 19.6 Å². The Morgan fingerprint density at radius 2 is 1.77 bits per heavy atom. The molecule has 168 valence electrons. The average molecular weight is 440 g/mol. The number of nitrogens with one attached hydrogen (secondary N) is 2. The minimum Gasteiger partial charge on any atom is -0.379 e. The van der Waals surface area contributed by atoms with Crippen molar-refractivity contribution in [1.29, 1.82) is 0 Å².